The Bertz CT molecular complexity index is 409. The van der Waals surface area contributed by atoms with Gasteiger partial charge in [0.15, 0.2) is 0 Å². The second kappa shape index (κ2) is 3.93. The molecule has 0 amide bonds. The molecule has 0 saturated carbocycles. The molecule has 0 spiro atoms. The maximum absolute atomic E-state index is 5.37. The summed E-state index contributed by atoms with van der Waals surface area (Å²) in [6.45, 7) is 4.31. The predicted molar refractivity (Wildman–Crippen MR) is 63.2 cm³/mol. The standard InChI is InChI=1S/C14H16O/c1-10-8-12(9-11(10)2)13-6-4-5-7-14(13)15-3/h4-9,12H,1-3H3. The molecule has 1 aromatic rings. The van der Waals surface area contributed by atoms with Crippen molar-refractivity contribution in [3.8, 4) is 5.75 Å². The molecular formula is C14H16O. The van der Waals surface area contributed by atoms with Crippen LogP contribution in [-0.4, -0.2) is 7.11 Å². The van der Waals surface area contributed by atoms with E-state index in [1.807, 2.05) is 12.1 Å². The molecule has 0 saturated heterocycles. The van der Waals surface area contributed by atoms with E-state index in [1.54, 1.807) is 7.11 Å². The molecule has 0 unspecified atom stereocenters. The fourth-order valence-corrected chi connectivity index (χ4v) is 1.97. The first-order valence-corrected chi connectivity index (χ1v) is 5.22. The van der Waals surface area contributed by atoms with Crippen LogP contribution in [0.25, 0.3) is 0 Å². The quantitative estimate of drug-likeness (QED) is 0.707. The van der Waals surface area contributed by atoms with Gasteiger partial charge >= 0.3 is 0 Å². The van der Waals surface area contributed by atoms with Crippen molar-refractivity contribution in [1.29, 1.82) is 0 Å². The first-order chi connectivity index (χ1) is 7.22. The molecule has 78 valence electrons. The third-order valence-electron chi connectivity index (χ3n) is 2.98. The van der Waals surface area contributed by atoms with Gasteiger partial charge in [-0.25, -0.2) is 0 Å². The first kappa shape index (κ1) is 10.0. The van der Waals surface area contributed by atoms with Crippen molar-refractivity contribution in [2.75, 3.05) is 7.11 Å². The molecule has 1 aliphatic carbocycles. The fourth-order valence-electron chi connectivity index (χ4n) is 1.97. The SMILES string of the molecule is COc1ccccc1C1C=C(C)C(C)=C1. The summed E-state index contributed by atoms with van der Waals surface area (Å²) >= 11 is 0. The number of hydrogen-bond donors (Lipinski definition) is 0. The molecule has 0 aliphatic heterocycles. The largest absolute Gasteiger partial charge is 0.496 e. The highest BCUT2D eigenvalue weighted by atomic mass is 16.5. The smallest absolute Gasteiger partial charge is 0.122 e. The van der Waals surface area contributed by atoms with Crippen LogP contribution < -0.4 is 4.74 Å². The molecule has 1 aliphatic rings. The van der Waals surface area contributed by atoms with Crippen molar-refractivity contribution in [1.82, 2.24) is 0 Å². The summed E-state index contributed by atoms with van der Waals surface area (Å²) in [6, 6.07) is 8.20. The summed E-state index contributed by atoms with van der Waals surface area (Å²) in [5.74, 6) is 1.35. The average Bonchev–Trinajstić information content (AvgIpc) is 2.59. The minimum absolute atomic E-state index is 0.376. The number of para-hydroxylation sites is 1. The van der Waals surface area contributed by atoms with Gasteiger partial charge < -0.3 is 4.74 Å². The Morgan fingerprint density at radius 1 is 1.00 bits per heavy atom. The van der Waals surface area contributed by atoms with Gasteiger partial charge in [0, 0.05) is 11.5 Å². The van der Waals surface area contributed by atoms with E-state index in [0.29, 0.717) is 5.92 Å². The van der Waals surface area contributed by atoms with Crippen molar-refractivity contribution in [3.05, 3.63) is 53.1 Å². The van der Waals surface area contributed by atoms with Crippen molar-refractivity contribution in [3.63, 3.8) is 0 Å². The summed E-state index contributed by atoms with van der Waals surface area (Å²) in [5.41, 5.74) is 3.98. The van der Waals surface area contributed by atoms with Crippen LogP contribution in [0.1, 0.15) is 25.3 Å². The van der Waals surface area contributed by atoms with E-state index in [4.69, 9.17) is 4.74 Å². The van der Waals surface area contributed by atoms with Crippen molar-refractivity contribution in [2.45, 2.75) is 19.8 Å². The van der Waals surface area contributed by atoms with Crippen molar-refractivity contribution >= 4 is 0 Å². The van der Waals surface area contributed by atoms with Gasteiger partial charge in [-0.15, -0.1) is 0 Å². The van der Waals surface area contributed by atoms with E-state index >= 15 is 0 Å². The lowest BCUT2D eigenvalue weighted by atomic mass is 9.99. The molecule has 0 N–H and O–H groups in total. The zero-order valence-electron chi connectivity index (χ0n) is 9.45. The topological polar surface area (TPSA) is 9.23 Å². The van der Waals surface area contributed by atoms with Gasteiger partial charge in [-0.05, 0) is 19.9 Å². The van der Waals surface area contributed by atoms with Crippen LogP contribution in [0.4, 0.5) is 0 Å². The van der Waals surface area contributed by atoms with E-state index in [1.165, 1.54) is 16.7 Å². The highest BCUT2D eigenvalue weighted by Crippen LogP contribution is 2.35. The van der Waals surface area contributed by atoms with Crippen LogP contribution >= 0.6 is 0 Å². The maximum atomic E-state index is 5.37. The van der Waals surface area contributed by atoms with Gasteiger partial charge in [0.05, 0.1) is 7.11 Å². The van der Waals surface area contributed by atoms with E-state index in [2.05, 4.69) is 38.1 Å². The summed E-state index contributed by atoms with van der Waals surface area (Å²) < 4.78 is 5.37. The van der Waals surface area contributed by atoms with Crippen molar-refractivity contribution in [2.24, 2.45) is 0 Å². The number of benzene rings is 1. The number of allylic oxidation sites excluding steroid dienone is 4. The van der Waals surface area contributed by atoms with E-state index in [9.17, 15) is 0 Å². The molecule has 0 heterocycles. The number of methoxy groups -OCH3 is 1. The lowest BCUT2D eigenvalue weighted by Crippen LogP contribution is -1.94. The third kappa shape index (κ3) is 1.82. The normalized spacial score (nSPS) is 16.2. The zero-order valence-corrected chi connectivity index (χ0v) is 9.45. The van der Waals surface area contributed by atoms with E-state index in [-0.39, 0.29) is 0 Å². The maximum Gasteiger partial charge on any atom is 0.122 e. The third-order valence-corrected chi connectivity index (χ3v) is 2.98. The van der Waals surface area contributed by atoms with E-state index < -0.39 is 0 Å². The molecule has 15 heavy (non-hydrogen) atoms. The average molecular weight is 200 g/mol. The Labute approximate surface area is 91.1 Å². The van der Waals surface area contributed by atoms with Crippen molar-refractivity contribution < 1.29 is 4.74 Å². The molecule has 1 heteroatoms. The second-order valence-electron chi connectivity index (χ2n) is 3.97. The lowest BCUT2D eigenvalue weighted by Gasteiger charge is -2.11. The molecule has 2 rings (SSSR count). The molecule has 1 aromatic carbocycles. The molecule has 0 bridgehead atoms. The predicted octanol–water partition coefficient (Wildman–Crippen LogP) is 3.69. The molecule has 0 fully saturated rings. The Balaban J connectivity index is 2.40. The lowest BCUT2D eigenvalue weighted by molar-refractivity contribution is 0.409. The fraction of sp³-hybridized carbons (Fsp3) is 0.286. The number of rotatable bonds is 2. The Hall–Kier alpha value is -1.50. The number of ether oxygens (including phenoxy) is 1. The molecule has 0 aromatic heterocycles. The Kier molecular flexibility index (Phi) is 2.63. The summed E-state index contributed by atoms with van der Waals surface area (Å²) in [4.78, 5) is 0. The summed E-state index contributed by atoms with van der Waals surface area (Å²) in [5, 5.41) is 0. The minimum atomic E-state index is 0.376. The highest BCUT2D eigenvalue weighted by Gasteiger charge is 2.16. The van der Waals surface area contributed by atoms with Gasteiger partial charge in [-0.3, -0.25) is 0 Å². The van der Waals surface area contributed by atoms with Gasteiger partial charge in [0.1, 0.15) is 5.75 Å². The van der Waals surface area contributed by atoms with Crippen LogP contribution in [0.2, 0.25) is 0 Å². The zero-order chi connectivity index (χ0) is 10.8. The highest BCUT2D eigenvalue weighted by molar-refractivity contribution is 5.48. The second-order valence-corrected chi connectivity index (χ2v) is 3.97. The van der Waals surface area contributed by atoms with Gasteiger partial charge in [0.2, 0.25) is 0 Å². The molecule has 0 atom stereocenters. The monoisotopic (exact) mass is 200 g/mol. The van der Waals surface area contributed by atoms with Crippen LogP contribution in [-0.2, 0) is 0 Å². The van der Waals surface area contributed by atoms with E-state index in [0.717, 1.165) is 5.75 Å². The van der Waals surface area contributed by atoms with Crippen LogP contribution in [0, 0.1) is 0 Å². The van der Waals surface area contributed by atoms with Crippen LogP contribution in [0.3, 0.4) is 0 Å². The van der Waals surface area contributed by atoms with Gasteiger partial charge in [-0.1, -0.05) is 41.5 Å². The Morgan fingerprint density at radius 2 is 1.60 bits per heavy atom. The molecule has 0 radical (unpaired) electrons. The summed E-state index contributed by atoms with van der Waals surface area (Å²) in [7, 11) is 1.72. The van der Waals surface area contributed by atoms with Crippen LogP contribution in [0.5, 0.6) is 5.75 Å². The number of hydrogen-bond acceptors (Lipinski definition) is 1. The van der Waals surface area contributed by atoms with Crippen LogP contribution in [0.15, 0.2) is 47.6 Å². The summed E-state index contributed by atoms with van der Waals surface area (Å²) in [6.07, 6.45) is 4.57. The van der Waals surface area contributed by atoms with Gasteiger partial charge in [0.25, 0.3) is 0 Å². The molecular weight excluding hydrogens is 184 g/mol. The molecule has 1 nitrogen and oxygen atoms in total. The minimum Gasteiger partial charge on any atom is -0.496 e. The Morgan fingerprint density at radius 3 is 2.20 bits per heavy atom. The first-order valence-electron chi connectivity index (χ1n) is 5.22. The van der Waals surface area contributed by atoms with Gasteiger partial charge in [-0.2, -0.15) is 0 Å².